The quantitative estimate of drug-likeness (QED) is 0.521. The Labute approximate surface area is 179 Å². The maximum absolute atomic E-state index is 10.2. The summed E-state index contributed by atoms with van der Waals surface area (Å²) in [4.78, 5) is 13.6. The van der Waals surface area contributed by atoms with Crippen LogP contribution in [0.2, 0.25) is 0 Å². The van der Waals surface area contributed by atoms with E-state index in [0.717, 1.165) is 12.5 Å². The van der Waals surface area contributed by atoms with Crippen molar-refractivity contribution in [3.05, 3.63) is 70.9 Å². The van der Waals surface area contributed by atoms with Gasteiger partial charge in [-0.1, -0.05) is 24.3 Å². The zero-order chi connectivity index (χ0) is 21.5. The Morgan fingerprint density at radius 2 is 1.77 bits per heavy atom. The lowest BCUT2D eigenvalue weighted by Gasteiger charge is -2.29. The summed E-state index contributed by atoms with van der Waals surface area (Å²) in [7, 11) is 0. The number of benzene rings is 2. The molecule has 1 aliphatic carbocycles. The fourth-order valence-electron chi connectivity index (χ4n) is 4.52. The predicted octanol–water partition coefficient (Wildman–Crippen LogP) is 6.31. The van der Waals surface area contributed by atoms with Crippen molar-refractivity contribution in [3.63, 3.8) is 0 Å². The van der Waals surface area contributed by atoms with Crippen LogP contribution in [0.25, 0.3) is 10.9 Å². The molecule has 1 aromatic heterocycles. The van der Waals surface area contributed by atoms with E-state index in [9.17, 15) is 4.79 Å². The maximum Gasteiger partial charge on any atom is 0.335 e. The van der Waals surface area contributed by atoms with E-state index in [4.69, 9.17) is 9.84 Å². The molecule has 1 fully saturated rings. The first-order valence-electron chi connectivity index (χ1n) is 11.0. The minimum atomic E-state index is -0.879. The normalized spacial score (nSPS) is 18.6. The average Bonchev–Trinajstić information content (AvgIpc) is 3.24. The molecule has 0 bridgehead atoms. The number of ether oxygens (including phenoxy) is 1. The third-order valence-electron chi connectivity index (χ3n) is 6.09. The van der Waals surface area contributed by atoms with E-state index in [-0.39, 0.29) is 0 Å². The summed E-state index contributed by atoms with van der Waals surface area (Å²) >= 11 is 0. The fraction of sp³-hybridized carbons (Fsp3) is 0.423. The summed E-state index contributed by atoms with van der Waals surface area (Å²) in [5.41, 5.74) is 6.01. The van der Waals surface area contributed by atoms with E-state index in [2.05, 4.69) is 44.1 Å². The summed E-state index contributed by atoms with van der Waals surface area (Å²) in [6.07, 6.45) is 8.90. The highest BCUT2D eigenvalue weighted by Crippen LogP contribution is 2.33. The van der Waals surface area contributed by atoms with Crippen molar-refractivity contribution < 1.29 is 14.6 Å². The minimum absolute atomic E-state index is 0.331. The van der Waals surface area contributed by atoms with Gasteiger partial charge in [-0.2, -0.15) is 0 Å². The molecule has 3 aromatic rings. The third-order valence-corrected chi connectivity index (χ3v) is 6.09. The number of rotatable bonds is 5. The Bertz CT molecular complexity index is 953. The molecular formula is C26H33NO3. The fourth-order valence-corrected chi connectivity index (χ4v) is 4.52. The van der Waals surface area contributed by atoms with E-state index in [1.807, 2.05) is 0 Å². The summed E-state index contributed by atoms with van der Waals surface area (Å²) in [6, 6.07) is 12.9. The molecule has 0 saturated heterocycles. The molecule has 0 atom stereocenters. The second-order valence-electron chi connectivity index (χ2n) is 8.23. The number of H-pyrrole nitrogens is 1. The molecule has 0 radical (unpaired) electrons. The van der Waals surface area contributed by atoms with E-state index in [1.54, 1.807) is 35.9 Å². The summed E-state index contributed by atoms with van der Waals surface area (Å²) in [6.45, 7) is 7.42. The van der Waals surface area contributed by atoms with Gasteiger partial charge in [0.15, 0.2) is 0 Å². The van der Waals surface area contributed by atoms with Gasteiger partial charge in [0.2, 0.25) is 0 Å². The number of carboxylic acid groups (broad SMARTS) is 1. The molecule has 4 rings (SSSR count). The minimum Gasteiger partial charge on any atom is -0.478 e. The molecule has 0 aliphatic heterocycles. The molecule has 1 saturated carbocycles. The topological polar surface area (TPSA) is 62.3 Å². The summed E-state index contributed by atoms with van der Waals surface area (Å²) < 4.78 is 5.77. The van der Waals surface area contributed by atoms with Crippen LogP contribution in [-0.4, -0.2) is 28.8 Å². The highest BCUT2D eigenvalue weighted by atomic mass is 16.5. The van der Waals surface area contributed by atoms with Crippen LogP contribution in [0, 0.1) is 19.8 Å². The highest BCUT2D eigenvalue weighted by molar-refractivity contribution is 5.87. The number of hydrogen-bond acceptors (Lipinski definition) is 2. The number of aromatic amines is 1. The van der Waals surface area contributed by atoms with Gasteiger partial charge in [0.1, 0.15) is 0 Å². The molecule has 0 spiro atoms. The Hall–Kier alpha value is -2.59. The number of aromatic carboxylic acids is 1. The molecule has 30 heavy (non-hydrogen) atoms. The molecule has 1 aliphatic rings. The van der Waals surface area contributed by atoms with Gasteiger partial charge in [-0.3, -0.25) is 0 Å². The Morgan fingerprint density at radius 3 is 2.37 bits per heavy atom. The van der Waals surface area contributed by atoms with E-state index >= 15 is 0 Å². The first kappa shape index (κ1) is 22.1. The van der Waals surface area contributed by atoms with Crippen LogP contribution < -0.4 is 0 Å². The lowest BCUT2D eigenvalue weighted by Crippen LogP contribution is -2.23. The number of fused-ring (bicyclic) bond motifs is 1. The molecule has 0 unspecified atom stereocenters. The first-order chi connectivity index (χ1) is 14.5. The second kappa shape index (κ2) is 10.4. The largest absolute Gasteiger partial charge is 0.478 e. The molecule has 1 heterocycles. The van der Waals surface area contributed by atoms with Crippen LogP contribution in [0.15, 0.2) is 48.7 Å². The van der Waals surface area contributed by atoms with E-state index in [0.29, 0.717) is 11.7 Å². The van der Waals surface area contributed by atoms with Crippen LogP contribution in [0.1, 0.15) is 59.7 Å². The van der Waals surface area contributed by atoms with Gasteiger partial charge in [0.25, 0.3) is 0 Å². The van der Waals surface area contributed by atoms with Crippen LogP contribution in [0.4, 0.5) is 0 Å². The lowest BCUT2D eigenvalue weighted by molar-refractivity contribution is 0.0258. The molecule has 2 N–H and O–H groups in total. The standard InChI is InChI=1S/C19H27NO.C7H6O2/c1-4-21-16-7-5-15(6-8-16)12-18-13(2)11-14(3)19-17(18)9-10-20-19;8-7(9)6-4-2-1-3-5-6/h9-11,15-16,20H,4-8,12H2,1-3H3;1-5H,(H,8,9). The second-order valence-corrected chi connectivity index (χ2v) is 8.23. The molecule has 2 aromatic carbocycles. The molecule has 4 nitrogen and oxygen atoms in total. The van der Waals surface area contributed by atoms with Crippen LogP contribution in [-0.2, 0) is 11.2 Å². The van der Waals surface area contributed by atoms with Crippen molar-refractivity contribution in [3.8, 4) is 0 Å². The highest BCUT2D eigenvalue weighted by Gasteiger charge is 2.23. The lowest BCUT2D eigenvalue weighted by atomic mass is 9.81. The van der Waals surface area contributed by atoms with Gasteiger partial charge in [-0.05, 0) is 93.7 Å². The molecule has 160 valence electrons. The van der Waals surface area contributed by atoms with E-state index < -0.39 is 5.97 Å². The number of carboxylic acids is 1. The number of aromatic nitrogens is 1. The van der Waals surface area contributed by atoms with Crippen molar-refractivity contribution >= 4 is 16.9 Å². The number of nitrogens with one attached hydrogen (secondary N) is 1. The Kier molecular flexibility index (Phi) is 7.69. The smallest absolute Gasteiger partial charge is 0.335 e. The van der Waals surface area contributed by atoms with Gasteiger partial charge >= 0.3 is 5.97 Å². The molecule has 0 amide bonds. The Morgan fingerprint density at radius 1 is 1.07 bits per heavy atom. The zero-order valence-corrected chi connectivity index (χ0v) is 18.3. The Balaban J connectivity index is 0.000000239. The first-order valence-corrected chi connectivity index (χ1v) is 11.0. The van der Waals surface area contributed by atoms with Crippen molar-refractivity contribution in [2.75, 3.05) is 6.61 Å². The number of carbonyl (C=O) groups is 1. The van der Waals surface area contributed by atoms with Gasteiger partial charge in [-0.25, -0.2) is 4.79 Å². The predicted molar refractivity (Wildman–Crippen MR) is 122 cm³/mol. The van der Waals surface area contributed by atoms with Gasteiger partial charge in [0, 0.05) is 23.7 Å². The van der Waals surface area contributed by atoms with Crippen molar-refractivity contribution in [1.29, 1.82) is 0 Å². The van der Waals surface area contributed by atoms with Crippen LogP contribution in [0.5, 0.6) is 0 Å². The van der Waals surface area contributed by atoms with Crippen molar-refractivity contribution in [2.24, 2.45) is 5.92 Å². The zero-order valence-electron chi connectivity index (χ0n) is 18.3. The van der Waals surface area contributed by atoms with Gasteiger partial charge in [-0.15, -0.1) is 0 Å². The summed E-state index contributed by atoms with van der Waals surface area (Å²) in [5.74, 6) is -0.0585. The van der Waals surface area contributed by atoms with Gasteiger partial charge < -0.3 is 14.8 Å². The van der Waals surface area contributed by atoms with E-state index in [1.165, 1.54) is 54.1 Å². The number of hydrogen-bond donors (Lipinski definition) is 2. The third kappa shape index (κ3) is 5.51. The monoisotopic (exact) mass is 407 g/mol. The molecular weight excluding hydrogens is 374 g/mol. The van der Waals surface area contributed by atoms with Gasteiger partial charge in [0.05, 0.1) is 11.7 Å². The van der Waals surface area contributed by atoms with Crippen LogP contribution >= 0.6 is 0 Å². The molecule has 4 heteroatoms. The van der Waals surface area contributed by atoms with Crippen molar-refractivity contribution in [2.45, 2.75) is 59.0 Å². The SMILES string of the molecule is CCOC1CCC(Cc2c(C)cc(C)c3[nH]ccc23)CC1.O=C(O)c1ccccc1. The van der Waals surface area contributed by atoms with Crippen LogP contribution in [0.3, 0.4) is 0 Å². The summed E-state index contributed by atoms with van der Waals surface area (Å²) in [5, 5.41) is 9.81. The van der Waals surface area contributed by atoms with Crippen molar-refractivity contribution in [1.82, 2.24) is 4.98 Å². The average molecular weight is 408 g/mol. The number of aryl methyl sites for hydroxylation is 2. The maximum atomic E-state index is 10.2.